The molecule has 2 aromatic carbocycles. The van der Waals surface area contributed by atoms with E-state index in [2.05, 4.69) is 46.8 Å². The van der Waals surface area contributed by atoms with Gasteiger partial charge in [0.1, 0.15) is 18.0 Å². The molecule has 0 saturated carbocycles. The lowest BCUT2D eigenvalue weighted by atomic mass is 9.78. The van der Waals surface area contributed by atoms with E-state index in [1.54, 1.807) is 6.07 Å². The fourth-order valence-electron chi connectivity index (χ4n) is 8.09. The average molecular weight is 727 g/mol. The number of halogens is 1. The van der Waals surface area contributed by atoms with Crippen LogP contribution in [0.15, 0.2) is 54.7 Å². The van der Waals surface area contributed by atoms with Crippen molar-refractivity contribution in [2.45, 2.75) is 90.8 Å². The summed E-state index contributed by atoms with van der Waals surface area (Å²) in [6, 6.07) is 17.8. The van der Waals surface area contributed by atoms with Gasteiger partial charge in [0.2, 0.25) is 5.95 Å². The molecule has 0 bridgehead atoms. The molecule has 3 aliphatic rings. The summed E-state index contributed by atoms with van der Waals surface area (Å²) < 4.78 is 11.7. The van der Waals surface area contributed by atoms with E-state index in [1.165, 1.54) is 38.8 Å². The molecule has 3 aromatic rings. The first-order valence-corrected chi connectivity index (χ1v) is 19.5. The number of aromatic nitrogens is 2. The Labute approximate surface area is 315 Å². The quantitative estimate of drug-likeness (QED) is 0.217. The molecule has 278 valence electrons. The SMILES string of the molecule is CC(C)(C)OC(=O)N1CCC(CN2CCC(C3CCN(c4nccc(COc5ccc(C(C)(C)c6cc(Cl)cc(C#N)c6)cc5)n4)CC3)CC2)CC1. The van der Waals surface area contributed by atoms with Crippen LogP contribution in [0.3, 0.4) is 0 Å². The van der Waals surface area contributed by atoms with Crippen LogP contribution in [-0.4, -0.2) is 77.3 Å². The molecule has 6 rings (SSSR count). The van der Waals surface area contributed by atoms with Gasteiger partial charge >= 0.3 is 6.09 Å². The van der Waals surface area contributed by atoms with Crippen molar-refractivity contribution >= 4 is 23.6 Å². The van der Waals surface area contributed by atoms with E-state index in [-0.39, 0.29) is 11.5 Å². The van der Waals surface area contributed by atoms with Crippen LogP contribution in [0.4, 0.5) is 10.7 Å². The maximum absolute atomic E-state index is 12.4. The number of hydrogen-bond acceptors (Lipinski definition) is 8. The van der Waals surface area contributed by atoms with Gasteiger partial charge in [-0.15, -0.1) is 0 Å². The number of amides is 1. The molecule has 0 radical (unpaired) electrons. The predicted octanol–water partition coefficient (Wildman–Crippen LogP) is 8.48. The van der Waals surface area contributed by atoms with Crippen molar-refractivity contribution in [2.75, 3.05) is 50.7 Å². The normalized spacial score (nSPS) is 18.6. The summed E-state index contributed by atoms with van der Waals surface area (Å²) in [7, 11) is 0. The second-order valence-corrected chi connectivity index (χ2v) is 16.9. The Bertz CT molecular complexity index is 1690. The van der Waals surface area contributed by atoms with Gasteiger partial charge in [0, 0.05) is 49.4 Å². The summed E-state index contributed by atoms with van der Waals surface area (Å²) in [6.07, 6.45) is 8.75. The third-order valence-corrected chi connectivity index (χ3v) is 11.5. The Hall–Kier alpha value is -3.87. The van der Waals surface area contributed by atoms with Gasteiger partial charge in [0.05, 0.1) is 17.3 Å². The van der Waals surface area contributed by atoms with Gasteiger partial charge in [-0.1, -0.05) is 37.6 Å². The van der Waals surface area contributed by atoms with Gasteiger partial charge in [0.25, 0.3) is 0 Å². The third-order valence-electron chi connectivity index (χ3n) is 11.3. The second-order valence-electron chi connectivity index (χ2n) is 16.5. The van der Waals surface area contributed by atoms with Crippen LogP contribution >= 0.6 is 11.6 Å². The number of anilines is 1. The molecule has 4 heterocycles. The zero-order valence-electron chi connectivity index (χ0n) is 31.6. The van der Waals surface area contributed by atoms with Crippen LogP contribution in [0.2, 0.25) is 5.02 Å². The summed E-state index contributed by atoms with van der Waals surface area (Å²) in [5.41, 5.74) is 2.76. The van der Waals surface area contributed by atoms with Gasteiger partial charge in [-0.2, -0.15) is 5.26 Å². The number of nitriles is 1. The Balaban J connectivity index is 0.922. The Morgan fingerprint density at radius 1 is 0.865 bits per heavy atom. The number of likely N-dealkylation sites (tertiary alicyclic amines) is 2. The highest BCUT2D eigenvalue weighted by Gasteiger charge is 2.32. The number of rotatable bonds is 9. The summed E-state index contributed by atoms with van der Waals surface area (Å²) in [5, 5.41) is 9.96. The number of carbonyl (C=O) groups is 1. The van der Waals surface area contributed by atoms with E-state index in [0.717, 1.165) is 85.9 Å². The molecule has 0 N–H and O–H groups in total. The second kappa shape index (κ2) is 16.4. The van der Waals surface area contributed by atoms with Crippen molar-refractivity contribution in [3.63, 3.8) is 0 Å². The summed E-state index contributed by atoms with van der Waals surface area (Å²) >= 11 is 6.30. The number of hydrogen-bond donors (Lipinski definition) is 0. The zero-order valence-corrected chi connectivity index (χ0v) is 32.4. The highest BCUT2D eigenvalue weighted by Crippen LogP contribution is 2.36. The van der Waals surface area contributed by atoms with E-state index < -0.39 is 5.60 Å². The molecule has 1 aromatic heterocycles. The Kier molecular flexibility index (Phi) is 12.0. The van der Waals surface area contributed by atoms with Gasteiger partial charge in [-0.3, -0.25) is 0 Å². The van der Waals surface area contributed by atoms with E-state index >= 15 is 0 Å². The highest BCUT2D eigenvalue weighted by atomic mass is 35.5. The standard InChI is InChI=1S/C42H55ClN6O3/c1-41(2,3)52-40(50)49-20-11-30(12-21-49)28-47-18-13-32(14-19-47)33-15-22-48(23-16-33)39-45-17-10-37(46-39)29-51-38-8-6-34(7-9-38)42(4,5)35-24-31(27-44)25-36(43)26-35/h6-10,17,24-26,30,32-33H,11-16,18-23,28-29H2,1-5H3. The summed E-state index contributed by atoms with van der Waals surface area (Å²) in [5.74, 6) is 3.80. The summed E-state index contributed by atoms with van der Waals surface area (Å²) in [6.45, 7) is 17.5. The molecule has 3 saturated heterocycles. The lowest BCUT2D eigenvalue weighted by molar-refractivity contribution is 0.0160. The van der Waals surface area contributed by atoms with Crippen LogP contribution in [0.5, 0.6) is 5.75 Å². The molecule has 1 amide bonds. The molecule has 3 aliphatic heterocycles. The minimum Gasteiger partial charge on any atom is -0.487 e. The molecule has 10 heteroatoms. The highest BCUT2D eigenvalue weighted by molar-refractivity contribution is 6.30. The van der Waals surface area contributed by atoms with Gasteiger partial charge < -0.3 is 24.2 Å². The van der Waals surface area contributed by atoms with E-state index in [1.807, 2.05) is 62.2 Å². The lowest BCUT2D eigenvalue weighted by Gasteiger charge is -2.41. The topological polar surface area (TPSA) is 94.8 Å². The van der Waals surface area contributed by atoms with Crippen LogP contribution in [0, 0.1) is 29.1 Å². The predicted molar refractivity (Wildman–Crippen MR) is 206 cm³/mol. The molecule has 9 nitrogen and oxygen atoms in total. The molecular weight excluding hydrogens is 672 g/mol. The third kappa shape index (κ3) is 9.76. The molecule has 52 heavy (non-hydrogen) atoms. The maximum atomic E-state index is 12.4. The van der Waals surface area contributed by atoms with Crippen LogP contribution < -0.4 is 9.64 Å². The molecule has 3 fully saturated rings. The van der Waals surface area contributed by atoms with Crippen LogP contribution in [-0.2, 0) is 16.8 Å². The molecular formula is C42H55ClN6O3. The van der Waals surface area contributed by atoms with Crippen LogP contribution in [0.1, 0.15) is 95.5 Å². The van der Waals surface area contributed by atoms with Crippen molar-refractivity contribution < 1.29 is 14.3 Å². The van der Waals surface area contributed by atoms with Crippen molar-refractivity contribution in [1.29, 1.82) is 5.26 Å². The van der Waals surface area contributed by atoms with Gasteiger partial charge in [-0.25, -0.2) is 14.8 Å². The molecule has 0 aliphatic carbocycles. The molecule has 0 unspecified atom stereocenters. The Morgan fingerprint density at radius 3 is 2.15 bits per heavy atom. The van der Waals surface area contributed by atoms with Gasteiger partial charge in [0.15, 0.2) is 0 Å². The average Bonchev–Trinajstić information content (AvgIpc) is 3.14. The van der Waals surface area contributed by atoms with Crippen molar-refractivity contribution in [3.05, 3.63) is 82.1 Å². The lowest BCUT2D eigenvalue weighted by Crippen LogP contribution is -2.45. The Morgan fingerprint density at radius 2 is 1.52 bits per heavy atom. The smallest absolute Gasteiger partial charge is 0.410 e. The number of carbonyl (C=O) groups excluding carboxylic acids is 1. The van der Waals surface area contributed by atoms with Gasteiger partial charge in [-0.05, 0) is 138 Å². The number of nitrogens with zero attached hydrogens (tertiary/aromatic N) is 6. The fraction of sp³-hybridized carbons (Fsp3) is 0.571. The minimum atomic E-state index is -0.440. The number of benzene rings is 2. The first kappa shape index (κ1) is 37.9. The van der Waals surface area contributed by atoms with E-state index in [4.69, 9.17) is 26.1 Å². The minimum absolute atomic E-state index is 0.169. The summed E-state index contributed by atoms with van der Waals surface area (Å²) in [4.78, 5) is 28.8. The van der Waals surface area contributed by atoms with E-state index in [9.17, 15) is 10.1 Å². The fourth-order valence-corrected chi connectivity index (χ4v) is 8.33. The first-order chi connectivity index (χ1) is 24.9. The van der Waals surface area contributed by atoms with Crippen LogP contribution in [0.25, 0.3) is 0 Å². The maximum Gasteiger partial charge on any atom is 0.410 e. The zero-order chi connectivity index (χ0) is 36.9. The molecule has 0 spiro atoms. The van der Waals surface area contributed by atoms with Crippen molar-refractivity contribution in [2.24, 2.45) is 17.8 Å². The first-order valence-electron chi connectivity index (χ1n) is 19.1. The van der Waals surface area contributed by atoms with Crippen molar-refractivity contribution in [3.8, 4) is 11.8 Å². The number of piperidine rings is 3. The largest absolute Gasteiger partial charge is 0.487 e. The van der Waals surface area contributed by atoms with Crippen molar-refractivity contribution in [1.82, 2.24) is 19.8 Å². The van der Waals surface area contributed by atoms with E-state index in [0.29, 0.717) is 23.1 Å². The number of ether oxygens (including phenoxy) is 2. The molecule has 0 atom stereocenters. The monoisotopic (exact) mass is 726 g/mol.